The fraction of sp³-hybridized carbons (Fsp3) is 0.375. The molecule has 1 heterocycles. The summed E-state index contributed by atoms with van der Waals surface area (Å²) in [5, 5.41) is 12.7. The predicted molar refractivity (Wildman–Crippen MR) is 122 cm³/mol. The van der Waals surface area contributed by atoms with E-state index in [2.05, 4.69) is 5.32 Å². The Morgan fingerprint density at radius 1 is 1.09 bits per heavy atom. The topological polar surface area (TPSA) is 98.7 Å². The van der Waals surface area contributed by atoms with Gasteiger partial charge in [0.15, 0.2) is 0 Å². The van der Waals surface area contributed by atoms with Crippen LogP contribution >= 0.6 is 11.6 Å². The summed E-state index contributed by atoms with van der Waals surface area (Å²) in [5.41, 5.74) is 2.96. The molecule has 1 saturated heterocycles. The zero-order chi connectivity index (χ0) is 23.1. The number of halogens is 1. The van der Waals surface area contributed by atoms with Gasteiger partial charge < -0.3 is 10.2 Å². The molecule has 0 spiro atoms. The Balaban J connectivity index is 1.92. The number of piperidine rings is 1. The van der Waals surface area contributed by atoms with Crippen LogP contribution in [0.15, 0.2) is 54.6 Å². The van der Waals surface area contributed by atoms with Crippen molar-refractivity contribution in [2.24, 2.45) is 5.92 Å². The molecule has 0 radical (unpaired) electrons. The number of hydroxylamine groups is 1. The highest BCUT2D eigenvalue weighted by Crippen LogP contribution is 2.33. The molecule has 32 heavy (non-hydrogen) atoms. The molecule has 1 aliphatic rings. The third-order valence-electron chi connectivity index (χ3n) is 5.91. The zero-order valence-electron chi connectivity index (χ0n) is 18.0. The van der Waals surface area contributed by atoms with Gasteiger partial charge in [0.1, 0.15) is 6.04 Å². The average molecular weight is 458 g/mol. The van der Waals surface area contributed by atoms with Gasteiger partial charge in [-0.1, -0.05) is 48.9 Å². The lowest BCUT2D eigenvalue weighted by Gasteiger charge is -2.38. The summed E-state index contributed by atoms with van der Waals surface area (Å²) in [6, 6.07) is 15.2. The van der Waals surface area contributed by atoms with E-state index in [0.29, 0.717) is 35.7 Å². The number of rotatable bonds is 7. The van der Waals surface area contributed by atoms with Crippen LogP contribution in [0, 0.1) is 5.92 Å². The van der Waals surface area contributed by atoms with Crippen molar-refractivity contribution in [2.45, 2.75) is 44.6 Å². The van der Waals surface area contributed by atoms with Crippen molar-refractivity contribution < 1.29 is 19.6 Å². The van der Waals surface area contributed by atoms with Crippen LogP contribution < -0.4 is 10.8 Å². The van der Waals surface area contributed by atoms with Crippen LogP contribution in [0.5, 0.6) is 0 Å². The number of hydrogen-bond acceptors (Lipinski definition) is 4. The fourth-order valence-corrected chi connectivity index (χ4v) is 4.39. The van der Waals surface area contributed by atoms with E-state index in [-0.39, 0.29) is 11.8 Å². The highest BCUT2D eigenvalue weighted by molar-refractivity contribution is 6.30. The number of anilines is 1. The number of nitrogens with zero attached hydrogens (tertiary/aromatic N) is 1. The van der Waals surface area contributed by atoms with Crippen LogP contribution in [-0.2, 0) is 14.4 Å². The minimum Gasteiger partial charge on any atom is -0.330 e. The van der Waals surface area contributed by atoms with Gasteiger partial charge in [-0.15, -0.1) is 0 Å². The minimum atomic E-state index is -0.852. The molecule has 0 aliphatic carbocycles. The first-order valence-electron chi connectivity index (χ1n) is 10.8. The second kappa shape index (κ2) is 11.1. The molecule has 2 aromatic carbocycles. The maximum atomic E-state index is 13.8. The Morgan fingerprint density at radius 3 is 2.41 bits per heavy atom. The number of amides is 3. The summed E-state index contributed by atoms with van der Waals surface area (Å²) in [6.45, 7) is 2.21. The van der Waals surface area contributed by atoms with Gasteiger partial charge in [-0.3, -0.25) is 19.6 Å². The quantitative estimate of drug-likeness (QED) is 0.432. The number of carbonyl (C=O) groups is 3. The first-order valence-corrected chi connectivity index (χ1v) is 11.2. The number of nitrogens with one attached hydrogen (secondary N) is 2. The summed E-state index contributed by atoms with van der Waals surface area (Å²) >= 11 is 6.02. The van der Waals surface area contributed by atoms with Gasteiger partial charge in [-0.05, 0) is 55.5 Å². The average Bonchev–Trinajstić information content (AvgIpc) is 2.83. The molecule has 2 aromatic rings. The Bertz CT molecular complexity index is 936. The largest absolute Gasteiger partial charge is 0.330 e. The Hall–Kier alpha value is -2.90. The number of para-hydroxylation sites is 1. The fourth-order valence-electron chi connectivity index (χ4n) is 4.27. The van der Waals surface area contributed by atoms with Gasteiger partial charge in [0, 0.05) is 17.3 Å². The van der Waals surface area contributed by atoms with Crippen molar-refractivity contribution in [3.05, 3.63) is 65.2 Å². The molecule has 0 saturated carbocycles. The summed E-state index contributed by atoms with van der Waals surface area (Å²) in [5.74, 6) is -2.85. The van der Waals surface area contributed by atoms with E-state index < -0.39 is 23.8 Å². The highest BCUT2D eigenvalue weighted by atomic mass is 35.5. The lowest BCUT2D eigenvalue weighted by atomic mass is 9.81. The van der Waals surface area contributed by atoms with E-state index in [1.807, 2.05) is 18.2 Å². The van der Waals surface area contributed by atoms with Crippen molar-refractivity contribution in [1.29, 1.82) is 0 Å². The van der Waals surface area contributed by atoms with Gasteiger partial charge >= 0.3 is 0 Å². The standard InChI is InChI=1S/C24H28ClN3O4/c1-2-19(22(29)27-32)21(16-11-13-17(25)14-12-16)24(31)28-15-7-6-10-20(28)23(30)26-18-8-4-3-5-9-18/h3-5,8-9,11-14,19-21,32H,2,6-7,10,15H2,1H3,(H,26,30)(H,27,29)/t19-,20-,21+/m0/s1. The van der Waals surface area contributed by atoms with Crippen molar-refractivity contribution in [1.82, 2.24) is 10.4 Å². The molecule has 7 nitrogen and oxygen atoms in total. The molecular formula is C24H28ClN3O4. The minimum absolute atomic E-state index is 0.251. The highest BCUT2D eigenvalue weighted by Gasteiger charge is 2.41. The SMILES string of the molecule is CC[C@H](C(=O)NO)[C@H](C(=O)N1CCCC[C@H]1C(=O)Nc1ccccc1)c1ccc(Cl)cc1. The molecule has 1 aliphatic heterocycles. The first kappa shape index (κ1) is 23.8. The van der Waals surface area contributed by atoms with Crippen LogP contribution in [-0.4, -0.2) is 40.4 Å². The van der Waals surface area contributed by atoms with Crippen LogP contribution in [0.1, 0.15) is 44.1 Å². The number of benzene rings is 2. The van der Waals surface area contributed by atoms with E-state index in [0.717, 1.165) is 12.8 Å². The normalized spacial score (nSPS) is 17.8. The third-order valence-corrected chi connectivity index (χ3v) is 6.17. The van der Waals surface area contributed by atoms with Crippen LogP contribution in [0.3, 0.4) is 0 Å². The maximum Gasteiger partial charge on any atom is 0.247 e. The van der Waals surface area contributed by atoms with Crippen molar-refractivity contribution in [3.63, 3.8) is 0 Å². The first-order chi connectivity index (χ1) is 15.5. The van der Waals surface area contributed by atoms with E-state index >= 15 is 0 Å². The van der Waals surface area contributed by atoms with Gasteiger partial charge in [0.2, 0.25) is 17.7 Å². The van der Waals surface area contributed by atoms with Crippen molar-refractivity contribution in [2.75, 3.05) is 11.9 Å². The van der Waals surface area contributed by atoms with Crippen LogP contribution in [0.25, 0.3) is 0 Å². The predicted octanol–water partition coefficient (Wildman–Crippen LogP) is 3.98. The molecule has 3 amide bonds. The molecule has 8 heteroatoms. The lowest BCUT2D eigenvalue weighted by Crippen LogP contribution is -2.53. The summed E-state index contributed by atoms with van der Waals surface area (Å²) in [6.07, 6.45) is 2.48. The van der Waals surface area contributed by atoms with Crippen LogP contribution in [0.2, 0.25) is 5.02 Å². The maximum absolute atomic E-state index is 13.8. The number of likely N-dealkylation sites (tertiary alicyclic amines) is 1. The summed E-state index contributed by atoms with van der Waals surface area (Å²) < 4.78 is 0. The summed E-state index contributed by atoms with van der Waals surface area (Å²) in [7, 11) is 0. The second-order valence-corrected chi connectivity index (χ2v) is 8.35. The van der Waals surface area contributed by atoms with Gasteiger partial charge in [-0.2, -0.15) is 0 Å². The number of carbonyl (C=O) groups excluding carboxylic acids is 3. The van der Waals surface area contributed by atoms with E-state index in [4.69, 9.17) is 11.6 Å². The Morgan fingerprint density at radius 2 is 1.78 bits per heavy atom. The molecule has 3 atom stereocenters. The molecule has 170 valence electrons. The van der Waals surface area contributed by atoms with Crippen molar-refractivity contribution >= 4 is 35.0 Å². The Labute approximate surface area is 192 Å². The van der Waals surface area contributed by atoms with E-state index in [1.54, 1.807) is 53.7 Å². The van der Waals surface area contributed by atoms with Crippen molar-refractivity contribution in [3.8, 4) is 0 Å². The number of hydrogen-bond donors (Lipinski definition) is 3. The Kier molecular flexibility index (Phi) is 8.25. The monoisotopic (exact) mass is 457 g/mol. The summed E-state index contributed by atoms with van der Waals surface area (Å²) in [4.78, 5) is 40.9. The third kappa shape index (κ3) is 5.47. The smallest absolute Gasteiger partial charge is 0.247 e. The second-order valence-electron chi connectivity index (χ2n) is 7.92. The van der Waals surface area contributed by atoms with Gasteiger partial charge in [0.25, 0.3) is 0 Å². The van der Waals surface area contributed by atoms with E-state index in [1.165, 1.54) is 0 Å². The van der Waals surface area contributed by atoms with E-state index in [9.17, 15) is 19.6 Å². The lowest BCUT2D eigenvalue weighted by molar-refractivity contribution is -0.146. The van der Waals surface area contributed by atoms with Gasteiger partial charge in [-0.25, -0.2) is 5.48 Å². The molecular weight excluding hydrogens is 430 g/mol. The molecule has 0 bridgehead atoms. The molecule has 3 rings (SSSR count). The molecule has 0 unspecified atom stereocenters. The van der Waals surface area contributed by atoms with Gasteiger partial charge in [0.05, 0.1) is 11.8 Å². The molecule has 3 N–H and O–H groups in total. The molecule has 0 aromatic heterocycles. The zero-order valence-corrected chi connectivity index (χ0v) is 18.7. The van der Waals surface area contributed by atoms with Crippen LogP contribution in [0.4, 0.5) is 5.69 Å². The molecule has 1 fully saturated rings.